The molecule has 2 nitrogen and oxygen atoms in total. The van der Waals surface area contributed by atoms with Crippen LogP contribution in [-0.4, -0.2) is 0 Å². The van der Waals surface area contributed by atoms with Crippen molar-refractivity contribution in [1.29, 1.82) is 5.26 Å². The standard InChI is InChI=1S/C16H13Br2NO/c1-10(2)14-7-12(17)5-6-15(14)20-16-8-13(18)4-3-11(16)9-19/h3-8,10H,1-2H3. The second-order valence-corrected chi connectivity index (χ2v) is 6.52. The van der Waals surface area contributed by atoms with Crippen LogP contribution in [0.2, 0.25) is 0 Å². The molecule has 2 aromatic rings. The van der Waals surface area contributed by atoms with Crippen molar-refractivity contribution in [1.82, 2.24) is 0 Å². The molecule has 0 amide bonds. The maximum Gasteiger partial charge on any atom is 0.146 e. The van der Waals surface area contributed by atoms with Gasteiger partial charge in [0, 0.05) is 8.95 Å². The van der Waals surface area contributed by atoms with Crippen molar-refractivity contribution in [3.63, 3.8) is 0 Å². The molecule has 0 atom stereocenters. The average molecular weight is 395 g/mol. The number of hydrogen-bond acceptors (Lipinski definition) is 2. The van der Waals surface area contributed by atoms with Gasteiger partial charge in [-0.1, -0.05) is 45.7 Å². The molecular formula is C16H13Br2NO. The molecule has 0 bridgehead atoms. The summed E-state index contributed by atoms with van der Waals surface area (Å²) in [7, 11) is 0. The summed E-state index contributed by atoms with van der Waals surface area (Å²) >= 11 is 6.88. The van der Waals surface area contributed by atoms with E-state index in [9.17, 15) is 0 Å². The van der Waals surface area contributed by atoms with Gasteiger partial charge >= 0.3 is 0 Å². The summed E-state index contributed by atoms with van der Waals surface area (Å²) < 4.78 is 7.86. The van der Waals surface area contributed by atoms with Crippen LogP contribution in [0.15, 0.2) is 45.3 Å². The van der Waals surface area contributed by atoms with Crippen molar-refractivity contribution < 1.29 is 4.74 Å². The minimum absolute atomic E-state index is 0.334. The van der Waals surface area contributed by atoms with Crippen molar-refractivity contribution >= 4 is 31.9 Å². The van der Waals surface area contributed by atoms with Gasteiger partial charge in [-0.05, 0) is 47.9 Å². The summed E-state index contributed by atoms with van der Waals surface area (Å²) in [4.78, 5) is 0. The largest absolute Gasteiger partial charge is 0.456 e. The second kappa shape index (κ2) is 6.43. The van der Waals surface area contributed by atoms with Crippen molar-refractivity contribution in [2.24, 2.45) is 0 Å². The smallest absolute Gasteiger partial charge is 0.146 e. The SMILES string of the molecule is CC(C)c1cc(Br)ccc1Oc1cc(Br)ccc1C#N. The van der Waals surface area contributed by atoms with Gasteiger partial charge in [0.1, 0.15) is 17.6 Å². The molecule has 0 unspecified atom stereocenters. The van der Waals surface area contributed by atoms with E-state index < -0.39 is 0 Å². The summed E-state index contributed by atoms with van der Waals surface area (Å²) in [6, 6.07) is 13.4. The van der Waals surface area contributed by atoms with Crippen molar-refractivity contribution in [2.45, 2.75) is 19.8 Å². The van der Waals surface area contributed by atoms with Gasteiger partial charge in [-0.25, -0.2) is 0 Å². The highest BCUT2D eigenvalue weighted by atomic mass is 79.9. The average Bonchev–Trinajstić information content (AvgIpc) is 2.41. The van der Waals surface area contributed by atoms with E-state index in [0.29, 0.717) is 17.2 Å². The lowest BCUT2D eigenvalue weighted by Crippen LogP contribution is -1.95. The minimum Gasteiger partial charge on any atom is -0.456 e. The highest BCUT2D eigenvalue weighted by molar-refractivity contribution is 9.10. The Morgan fingerprint density at radius 1 is 1.00 bits per heavy atom. The van der Waals surface area contributed by atoms with E-state index in [1.807, 2.05) is 30.3 Å². The Bertz CT molecular complexity index is 675. The third-order valence-electron chi connectivity index (χ3n) is 2.88. The third-order valence-corrected chi connectivity index (χ3v) is 3.86. The molecule has 0 aliphatic rings. The first-order valence-electron chi connectivity index (χ1n) is 6.18. The first-order chi connectivity index (χ1) is 9.51. The number of halogens is 2. The Morgan fingerprint density at radius 2 is 1.65 bits per heavy atom. The molecule has 0 heterocycles. The van der Waals surface area contributed by atoms with Gasteiger partial charge < -0.3 is 4.74 Å². The third kappa shape index (κ3) is 3.41. The Hall–Kier alpha value is -1.31. The lowest BCUT2D eigenvalue weighted by molar-refractivity contribution is 0.471. The number of nitriles is 1. The summed E-state index contributed by atoms with van der Waals surface area (Å²) in [5.41, 5.74) is 1.62. The molecule has 0 saturated carbocycles. The fourth-order valence-corrected chi connectivity index (χ4v) is 2.57. The van der Waals surface area contributed by atoms with E-state index in [2.05, 4.69) is 51.8 Å². The molecule has 0 aliphatic carbocycles. The Kier molecular flexibility index (Phi) is 4.85. The molecule has 2 rings (SSSR count). The van der Waals surface area contributed by atoms with E-state index >= 15 is 0 Å². The zero-order chi connectivity index (χ0) is 14.7. The summed E-state index contributed by atoms with van der Waals surface area (Å²) in [6.07, 6.45) is 0. The maximum absolute atomic E-state index is 9.16. The second-order valence-electron chi connectivity index (χ2n) is 4.69. The Morgan fingerprint density at radius 3 is 2.30 bits per heavy atom. The first kappa shape index (κ1) is 15.1. The highest BCUT2D eigenvalue weighted by Gasteiger charge is 2.12. The van der Waals surface area contributed by atoms with E-state index in [0.717, 1.165) is 20.3 Å². The molecule has 0 spiro atoms. The predicted molar refractivity (Wildman–Crippen MR) is 87.2 cm³/mol. The van der Waals surface area contributed by atoms with Crippen LogP contribution in [0.3, 0.4) is 0 Å². The quantitative estimate of drug-likeness (QED) is 0.639. The van der Waals surface area contributed by atoms with E-state index in [1.54, 1.807) is 6.07 Å². The molecular weight excluding hydrogens is 382 g/mol. The summed E-state index contributed by atoms with van der Waals surface area (Å²) in [5, 5.41) is 9.16. The molecule has 102 valence electrons. The zero-order valence-corrected chi connectivity index (χ0v) is 14.3. The molecule has 0 radical (unpaired) electrons. The van der Waals surface area contributed by atoms with Crippen LogP contribution in [0, 0.1) is 11.3 Å². The predicted octanol–water partition coefficient (Wildman–Crippen LogP) is 6.00. The van der Waals surface area contributed by atoms with Crippen molar-refractivity contribution in [3.05, 3.63) is 56.5 Å². The Labute approximate surface area is 135 Å². The summed E-state index contributed by atoms with van der Waals surface area (Å²) in [5.74, 6) is 1.67. The lowest BCUT2D eigenvalue weighted by Gasteiger charge is -2.15. The molecule has 20 heavy (non-hydrogen) atoms. The monoisotopic (exact) mass is 393 g/mol. The van der Waals surface area contributed by atoms with Crippen LogP contribution < -0.4 is 4.74 Å². The van der Waals surface area contributed by atoms with Gasteiger partial charge in [-0.15, -0.1) is 0 Å². The van der Waals surface area contributed by atoms with Gasteiger partial charge in [-0.3, -0.25) is 0 Å². The summed E-state index contributed by atoms with van der Waals surface area (Å²) in [6.45, 7) is 4.22. The van der Waals surface area contributed by atoms with Crippen LogP contribution in [0.4, 0.5) is 0 Å². The van der Waals surface area contributed by atoms with Crippen molar-refractivity contribution in [3.8, 4) is 17.6 Å². The number of nitrogens with zero attached hydrogens (tertiary/aromatic N) is 1. The highest BCUT2D eigenvalue weighted by Crippen LogP contribution is 2.35. The normalized spacial score (nSPS) is 10.4. The fourth-order valence-electron chi connectivity index (χ4n) is 1.85. The number of rotatable bonds is 3. The van der Waals surface area contributed by atoms with Crippen LogP contribution in [0.1, 0.15) is 30.9 Å². The molecule has 0 aliphatic heterocycles. The van der Waals surface area contributed by atoms with Gasteiger partial charge in [0.15, 0.2) is 0 Å². The maximum atomic E-state index is 9.16. The van der Waals surface area contributed by atoms with Crippen molar-refractivity contribution in [2.75, 3.05) is 0 Å². The minimum atomic E-state index is 0.334. The van der Waals surface area contributed by atoms with Crippen LogP contribution in [0.5, 0.6) is 11.5 Å². The molecule has 0 fully saturated rings. The van der Waals surface area contributed by atoms with E-state index in [-0.39, 0.29) is 0 Å². The van der Waals surface area contributed by atoms with Crippen LogP contribution in [-0.2, 0) is 0 Å². The van der Waals surface area contributed by atoms with Gasteiger partial charge in [-0.2, -0.15) is 5.26 Å². The van der Waals surface area contributed by atoms with E-state index in [4.69, 9.17) is 10.00 Å². The number of hydrogen-bond donors (Lipinski definition) is 0. The fraction of sp³-hybridized carbons (Fsp3) is 0.188. The number of ether oxygens (including phenoxy) is 1. The lowest BCUT2D eigenvalue weighted by atomic mass is 10.0. The first-order valence-corrected chi connectivity index (χ1v) is 7.77. The van der Waals surface area contributed by atoms with Crippen LogP contribution in [0.25, 0.3) is 0 Å². The topological polar surface area (TPSA) is 33.0 Å². The molecule has 0 saturated heterocycles. The number of benzene rings is 2. The van der Waals surface area contributed by atoms with Gasteiger partial charge in [0.05, 0.1) is 5.56 Å². The van der Waals surface area contributed by atoms with E-state index in [1.165, 1.54) is 0 Å². The van der Waals surface area contributed by atoms with Gasteiger partial charge in [0.25, 0.3) is 0 Å². The molecule has 0 N–H and O–H groups in total. The molecule has 4 heteroatoms. The molecule has 0 aromatic heterocycles. The zero-order valence-electron chi connectivity index (χ0n) is 11.2. The van der Waals surface area contributed by atoms with Crippen LogP contribution >= 0.6 is 31.9 Å². The van der Waals surface area contributed by atoms with Gasteiger partial charge in [0.2, 0.25) is 0 Å². The molecule has 2 aromatic carbocycles. The Balaban J connectivity index is 2.45.